The number of halogens is 3. The van der Waals surface area contributed by atoms with Crippen molar-refractivity contribution in [3.63, 3.8) is 0 Å². The number of alkyl halides is 3. The van der Waals surface area contributed by atoms with Crippen molar-refractivity contribution in [1.29, 1.82) is 0 Å². The van der Waals surface area contributed by atoms with Crippen LogP contribution in [-0.4, -0.2) is 17.4 Å². The van der Waals surface area contributed by atoms with Gasteiger partial charge in [-0.25, -0.2) is 4.79 Å². The van der Waals surface area contributed by atoms with Crippen molar-refractivity contribution in [3.8, 4) is 16.9 Å². The topological polar surface area (TPSA) is 46.5 Å². The second-order valence-corrected chi connectivity index (χ2v) is 4.86. The molecule has 0 amide bonds. The second-order valence-electron chi connectivity index (χ2n) is 4.86. The molecular formula is C16H13F3O3. The SMILES string of the molecule is Cc1cc(-c2ccc(OC(F)(F)F)cc2)cc(C)c1C(=O)O. The van der Waals surface area contributed by atoms with Crippen LogP contribution in [0.25, 0.3) is 11.1 Å². The number of hydrogen-bond donors (Lipinski definition) is 1. The molecule has 0 saturated heterocycles. The summed E-state index contributed by atoms with van der Waals surface area (Å²) in [5.74, 6) is -1.30. The van der Waals surface area contributed by atoms with Crippen LogP contribution in [0.2, 0.25) is 0 Å². The van der Waals surface area contributed by atoms with E-state index >= 15 is 0 Å². The molecule has 6 heteroatoms. The fourth-order valence-electron chi connectivity index (χ4n) is 2.32. The molecule has 0 fully saturated rings. The van der Waals surface area contributed by atoms with Crippen LogP contribution in [0.3, 0.4) is 0 Å². The molecule has 3 nitrogen and oxygen atoms in total. The summed E-state index contributed by atoms with van der Waals surface area (Å²) in [5.41, 5.74) is 2.84. The summed E-state index contributed by atoms with van der Waals surface area (Å²) < 4.78 is 40.2. The highest BCUT2D eigenvalue weighted by Gasteiger charge is 2.30. The van der Waals surface area contributed by atoms with Gasteiger partial charge in [-0.3, -0.25) is 0 Å². The van der Waals surface area contributed by atoms with E-state index in [1.54, 1.807) is 26.0 Å². The zero-order chi connectivity index (χ0) is 16.5. The highest BCUT2D eigenvalue weighted by Crippen LogP contribution is 2.29. The maximum absolute atomic E-state index is 12.1. The van der Waals surface area contributed by atoms with E-state index in [0.717, 1.165) is 5.56 Å². The van der Waals surface area contributed by atoms with Gasteiger partial charge in [0.05, 0.1) is 5.56 Å². The van der Waals surface area contributed by atoms with Gasteiger partial charge < -0.3 is 9.84 Å². The van der Waals surface area contributed by atoms with Gasteiger partial charge in [0.2, 0.25) is 0 Å². The van der Waals surface area contributed by atoms with Crippen LogP contribution in [0.4, 0.5) is 13.2 Å². The fourth-order valence-corrected chi connectivity index (χ4v) is 2.32. The first-order chi connectivity index (χ1) is 10.2. The lowest BCUT2D eigenvalue weighted by Gasteiger charge is -2.11. The molecule has 0 saturated carbocycles. The molecule has 0 bridgehead atoms. The average molecular weight is 310 g/mol. The predicted molar refractivity (Wildman–Crippen MR) is 75.0 cm³/mol. The normalized spacial score (nSPS) is 11.3. The summed E-state index contributed by atoms with van der Waals surface area (Å²) in [7, 11) is 0. The number of carboxylic acid groups (broad SMARTS) is 1. The molecule has 0 heterocycles. The van der Waals surface area contributed by atoms with E-state index in [2.05, 4.69) is 4.74 Å². The first-order valence-electron chi connectivity index (χ1n) is 6.38. The molecule has 0 aliphatic rings. The fraction of sp³-hybridized carbons (Fsp3) is 0.188. The highest BCUT2D eigenvalue weighted by atomic mass is 19.4. The summed E-state index contributed by atoms with van der Waals surface area (Å²) in [6, 6.07) is 8.81. The van der Waals surface area contributed by atoms with Gasteiger partial charge in [0.15, 0.2) is 0 Å². The van der Waals surface area contributed by atoms with Crippen molar-refractivity contribution < 1.29 is 27.8 Å². The summed E-state index contributed by atoms with van der Waals surface area (Å²) in [6.07, 6.45) is -4.72. The Bertz CT molecular complexity index is 681. The molecule has 0 aromatic heterocycles. The summed E-state index contributed by atoms with van der Waals surface area (Å²) >= 11 is 0. The largest absolute Gasteiger partial charge is 0.573 e. The number of ether oxygens (including phenoxy) is 1. The number of benzene rings is 2. The number of aryl methyl sites for hydroxylation is 2. The van der Waals surface area contributed by atoms with Crippen molar-refractivity contribution in [3.05, 3.63) is 53.1 Å². The van der Waals surface area contributed by atoms with Crippen LogP contribution in [0.5, 0.6) is 5.75 Å². The molecule has 0 atom stereocenters. The Balaban J connectivity index is 2.35. The molecule has 2 rings (SSSR count). The second kappa shape index (κ2) is 5.71. The van der Waals surface area contributed by atoms with Crippen molar-refractivity contribution in [2.45, 2.75) is 20.2 Å². The Labute approximate surface area is 125 Å². The van der Waals surface area contributed by atoms with Gasteiger partial charge in [-0.15, -0.1) is 13.2 Å². The Kier molecular flexibility index (Phi) is 4.12. The Morgan fingerprint density at radius 1 is 1.00 bits per heavy atom. The van der Waals surface area contributed by atoms with Crippen LogP contribution in [-0.2, 0) is 0 Å². The molecule has 0 aliphatic heterocycles. The Morgan fingerprint density at radius 2 is 1.50 bits per heavy atom. The third-order valence-electron chi connectivity index (χ3n) is 3.17. The first-order valence-corrected chi connectivity index (χ1v) is 6.38. The van der Waals surface area contributed by atoms with E-state index in [1.165, 1.54) is 24.3 Å². The van der Waals surface area contributed by atoms with Gasteiger partial charge in [-0.05, 0) is 48.2 Å². The predicted octanol–water partition coefficient (Wildman–Crippen LogP) is 4.57. The number of carbonyl (C=O) groups is 1. The molecular weight excluding hydrogens is 297 g/mol. The van der Waals surface area contributed by atoms with E-state index in [9.17, 15) is 18.0 Å². The van der Waals surface area contributed by atoms with Gasteiger partial charge in [-0.2, -0.15) is 0 Å². The number of carboxylic acids is 1. The Hall–Kier alpha value is -2.50. The van der Waals surface area contributed by atoms with Gasteiger partial charge in [0, 0.05) is 0 Å². The van der Waals surface area contributed by atoms with Gasteiger partial charge in [-0.1, -0.05) is 24.3 Å². The molecule has 0 radical (unpaired) electrons. The van der Waals surface area contributed by atoms with Gasteiger partial charge in [0.25, 0.3) is 0 Å². The zero-order valence-corrected chi connectivity index (χ0v) is 11.9. The van der Waals surface area contributed by atoms with Crippen LogP contribution < -0.4 is 4.74 Å². The number of rotatable bonds is 3. The maximum Gasteiger partial charge on any atom is 0.573 e. The van der Waals surface area contributed by atoms with E-state index in [-0.39, 0.29) is 11.3 Å². The molecule has 0 aliphatic carbocycles. The lowest BCUT2D eigenvalue weighted by atomic mass is 9.95. The number of aromatic carboxylic acids is 1. The molecule has 2 aromatic rings. The lowest BCUT2D eigenvalue weighted by Crippen LogP contribution is -2.16. The minimum atomic E-state index is -4.72. The number of hydrogen-bond acceptors (Lipinski definition) is 2. The van der Waals surface area contributed by atoms with Crippen molar-refractivity contribution in [1.82, 2.24) is 0 Å². The van der Waals surface area contributed by atoms with E-state index in [0.29, 0.717) is 16.7 Å². The van der Waals surface area contributed by atoms with Gasteiger partial charge in [0.1, 0.15) is 5.75 Å². The maximum atomic E-state index is 12.1. The zero-order valence-electron chi connectivity index (χ0n) is 11.9. The Morgan fingerprint density at radius 3 is 1.91 bits per heavy atom. The average Bonchev–Trinajstić information content (AvgIpc) is 2.36. The van der Waals surface area contributed by atoms with E-state index < -0.39 is 12.3 Å². The summed E-state index contributed by atoms with van der Waals surface area (Å²) in [6.45, 7) is 3.36. The van der Waals surface area contributed by atoms with Crippen molar-refractivity contribution in [2.75, 3.05) is 0 Å². The monoisotopic (exact) mass is 310 g/mol. The standard InChI is InChI=1S/C16H13F3O3/c1-9-7-12(8-10(2)14(9)15(20)21)11-3-5-13(6-4-11)22-16(17,18)19/h3-8H,1-2H3,(H,20,21). The first kappa shape index (κ1) is 15.9. The minimum Gasteiger partial charge on any atom is -0.478 e. The molecule has 22 heavy (non-hydrogen) atoms. The smallest absolute Gasteiger partial charge is 0.478 e. The third-order valence-corrected chi connectivity index (χ3v) is 3.17. The molecule has 2 aromatic carbocycles. The quantitative estimate of drug-likeness (QED) is 0.903. The van der Waals surface area contributed by atoms with E-state index in [4.69, 9.17) is 5.11 Å². The lowest BCUT2D eigenvalue weighted by molar-refractivity contribution is -0.274. The van der Waals surface area contributed by atoms with Crippen LogP contribution in [0.15, 0.2) is 36.4 Å². The summed E-state index contributed by atoms with van der Waals surface area (Å²) in [4.78, 5) is 11.1. The van der Waals surface area contributed by atoms with Crippen molar-refractivity contribution >= 4 is 5.97 Å². The molecule has 0 unspecified atom stereocenters. The third kappa shape index (κ3) is 3.58. The van der Waals surface area contributed by atoms with E-state index in [1.807, 2.05) is 0 Å². The molecule has 1 N–H and O–H groups in total. The summed E-state index contributed by atoms with van der Waals surface area (Å²) in [5, 5.41) is 9.13. The highest BCUT2D eigenvalue weighted by molar-refractivity contribution is 5.92. The molecule has 116 valence electrons. The van der Waals surface area contributed by atoms with Crippen LogP contribution >= 0.6 is 0 Å². The molecule has 0 spiro atoms. The van der Waals surface area contributed by atoms with Crippen molar-refractivity contribution in [2.24, 2.45) is 0 Å². The minimum absolute atomic E-state index is 0.237. The van der Waals surface area contributed by atoms with Crippen LogP contribution in [0.1, 0.15) is 21.5 Å². The van der Waals surface area contributed by atoms with Gasteiger partial charge >= 0.3 is 12.3 Å². The van der Waals surface area contributed by atoms with Crippen LogP contribution in [0, 0.1) is 13.8 Å².